The molecule has 0 spiro atoms. The Morgan fingerprint density at radius 1 is 1.56 bits per heavy atom. The van der Waals surface area contributed by atoms with Gasteiger partial charge in [0.15, 0.2) is 0 Å². The standard InChI is InChI=1S/C13H18FNO/c1-2-4-11-8-12(15-11)13(16)9-5-3-6-10(14)7-9/h3,5-7,11-13,15-16H,2,4,8H2,1H3/t11-,12+,13-/m1/s1. The van der Waals surface area contributed by atoms with Crippen molar-refractivity contribution < 1.29 is 9.50 Å². The van der Waals surface area contributed by atoms with E-state index in [1.54, 1.807) is 12.1 Å². The van der Waals surface area contributed by atoms with Crippen LogP contribution >= 0.6 is 0 Å². The van der Waals surface area contributed by atoms with Crippen LogP contribution in [-0.4, -0.2) is 17.2 Å². The molecule has 2 rings (SSSR count). The third-order valence-electron chi connectivity index (χ3n) is 3.20. The van der Waals surface area contributed by atoms with Gasteiger partial charge in [0.05, 0.1) is 6.10 Å². The fourth-order valence-corrected chi connectivity index (χ4v) is 2.28. The summed E-state index contributed by atoms with van der Waals surface area (Å²) in [7, 11) is 0. The zero-order valence-electron chi connectivity index (χ0n) is 9.49. The van der Waals surface area contributed by atoms with Crippen molar-refractivity contribution in [2.75, 3.05) is 0 Å². The predicted octanol–water partition coefficient (Wildman–Crippen LogP) is 2.39. The average molecular weight is 223 g/mol. The van der Waals surface area contributed by atoms with E-state index in [9.17, 15) is 9.50 Å². The normalized spacial score (nSPS) is 26.2. The van der Waals surface area contributed by atoms with E-state index in [1.165, 1.54) is 12.1 Å². The van der Waals surface area contributed by atoms with Crippen molar-refractivity contribution >= 4 is 0 Å². The van der Waals surface area contributed by atoms with E-state index in [0.717, 1.165) is 19.3 Å². The molecule has 1 fully saturated rings. The van der Waals surface area contributed by atoms with E-state index in [-0.39, 0.29) is 11.9 Å². The second-order valence-electron chi connectivity index (χ2n) is 4.49. The van der Waals surface area contributed by atoms with E-state index in [0.29, 0.717) is 11.6 Å². The molecule has 0 aliphatic carbocycles. The Bertz CT molecular complexity index is 350. The number of benzene rings is 1. The topological polar surface area (TPSA) is 32.3 Å². The van der Waals surface area contributed by atoms with Crippen molar-refractivity contribution in [1.29, 1.82) is 0 Å². The van der Waals surface area contributed by atoms with Crippen LogP contribution in [0, 0.1) is 5.82 Å². The van der Waals surface area contributed by atoms with Gasteiger partial charge < -0.3 is 10.4 Å². The molecular formula is C13H18FNO. The van der Waals surface area contributed by atoms with Crippen LogP contribution in [0.3, 0.4) is 0 Å². The number of hydrogen-bond donors (Lipinski definition) is 2. The summed E-state index contributed by atoms with van der Waals surface area (Å²) >= 11 is 0. The second kappa shape index (κ2) is 4.93. The lowest BCUT2D eigenvalue weighted by molar-refractivity contribution is 0.0673. The summed E-state index contributed by atoms with van der Waals surface area (Å²) in [4.78, 5) is 0. The molecule has 2 N–H and O–H groups in total. The second-order valence-corrected chi connectivity index (χ2v) is 4.49. The highest BCUT2D eigenvalue weighted by molar-refractivity contribution is 5.21. The van der Waals surface area contributed by atoms with Gasteiger partial charge in [-0.25, -0.2) is 4.39 Å². The van der Waals surface area contributed by atoms with Gasteiger partial charge in [-0.3, -0.25) is 0 Å². The van der Waals surface area contributed by atoms with Gasteiger partial charge in [-0.1, -0.05) is 25.5 Å². The molecule has 0 bridgehead atoms. The monoisotopic (exact) mass is 223 g/mol. The van der Waals surface area contributed by atoms with Crippen LogP contribution in [0.25, 0.3) is 0 Å². The molecule has 2 nitrogen and oxygen atoms in total. The predicted molar refractivity (Wildman–Crippen MR) is 61.6 cm³/mol. The van der Waals surface area contributed by atoms with Crippen LogP contribution in [0.4, 0.5) is 4.39 Å². The summed E-state index contributed by atoms with van der Waals surface area (Å²) < 4.78 is 13.0. The number of halogens is 1. The molecule has 1 saturated heterocycles. The van der Waals surface area contributed by atoms with E-state index < -0.39 is 6.10 Å². The summed E-state index contributed by atoms with van der Waals surface area (Å²) in [6.07, 6.45) is 2.68. The fourth-order valence-electron chi connectivity index (χ4n) is 2.28. The highest BCUT2D eigenvalue weighted by atomic mass is 19.1. The van der Waals surface area contributed by atoms with Crippen LogP contribution < -0.4 is 5.32 Å². The highest BCUT2D eigenvalue weighted by Crippen LogP contribution is 2.28. The first kappa shape index (κ1) is 11.6. The van der Waals surface area contributed by atoms with E-state index in [4.69, 9.17) is 0 Å². The van der Waals surface area contributed by atoms with E-state index in [1.807, 2.05) is 0 Å². The van der Waals surface area contributed by atoms with Gasteiger partial charge in [-0.2, -0.15) is 0 Å². The van der Waals surface area contributed by atoms with Crippen LogP contribution in [0.5, 0.6) is 0 Å². The summed E-state index contributed by atoms with van der Waals surface area (Å²) in [6.45, 7) is 2.15. The summed E-state index contributed by atoms with van der Waals surface area (Å²) in [5.74, 6) is -0.291. The molecular weight excluding hydrogens is 205 g/mol. The molecule has 0 radical (unpaired) electrons. The Hall–Kier alpha value is -0.930. The van der Waals surface area contributed by atoms with Gasteiger partial charge in [-0.15, -0.1) is 0 Å². The number of aliphatic hydroxyl groups excluding tert-OH is 1. The SMILES string of the molecule is CCC[C@@H]1C[C@@H]([C@H](O)c2cccc(F)c2)N1. The van der Waals surface area contributed by atoms with E-state index >= 15 is 0 Å². The van der Waals surface area contributed by atoms with Crippen molar-refractivity contribution in [2.45, 2.75) is 44.4 Å². The first-order valence-electron chi connectivity index (χ1n) is 5.90. The van der Waals surface area contributed by atoms with Gasteiger partial charge in [0.1, 0.15) is 5.82 Å². The lowest BCUT2D eigenvalue weighted by Crippen LogP contribution is -2.55. The minimum absolute atomic E-state index is 0.0818. The van der Waals surface area contributed by atoms with Gasteiger partial charge in [0, 0.05) is 12.1 Å². The molecule has 3 heteroatoms. The lowest BCUT2D eigenvalue weighted by atomic mass is 9.87. The number of nitrogens with one attached hydrogen (secondary N) is 1. The molecule has 1 aromatic carbocycles. The molecule has 0 saturated carbocycles. The Labute approximate surface area is 95.5 Å². The molecule has 3 atom stereocenters. The number of hydrogen-bond acceptors (Lipinski definition) is 2. The van der Waals surface area contributed by atoms with Gasteiger partial charge >= 0.3 is 0 Å². The summed E-state index contributed by atoms with van der Waals surface area (Å²) in [6, 6.07) is 6.80. The third-order valence-corrected chi connectivity index (χ3v) is 3.20. The van der Waals surface area contributed by atoms with Gasteiger partial charge in [0.2, 0.25) is 0 Å². The fraction of sp³-hybridized carbons (Fsp3) is 0.538. The zero-order valence-corrected chi connectivity index (χ0v) is 9.49. The van der Waals surface area contributed by atoms with Crippen LogP contribution in [0.1, 0.15) is 37.9 Å². The molecule has 1 aromatic rings. The van der Waals surface area contributed by atoms with Crippen LogP contribution in [-0.2, 0) is 0 Å². The maximum absolute atomic E-state index is 13.0. The molecule has 1 aliphatic heterocycles. The maximum atomic E-state index is 13.0. The average Bonchev–Trinajstić information content (AvgIpc) is 2.22. The molecule has 0 aromatic heterocycles. The first-order chi connectivity index (χ1) is 7.70. The molecule has 0 amide bonds. The van der Waals surface area contributed by atoms with E-state index in [2.05, 4.69) is 12.2 Å². The maximum Gasteiger partial charge on any atom is 0.123 e. The van der Waals surface area contributed by atoms with Gasteiger partial charge in [-0.05, 0) is 30.5 Å². The Morgan fingerprint density at radius 2 is 2.31 bits per heavy atom. The van der Waals surface area contributed by atoms with Crippen LogP contribution in [0.15, 0.2) is 24.3 Å². The molecule has 1 heterocycles. The Balaban J connectivity index is 1.92. The van der Waals surface area contributed by atoms with Crippen LogP contribution in [0.2, 0.25) is 0 Å². The first-order valence-corrected chi connectivity index (χ1v) is 5.90. The van der Waals surface area contributed by atoms with Crippen molar-refractivity contribution in [3.63, 3.8) is 0 Å². The number of aliphatic hydroxyl groups is 1. The van der Waals surface area contributed by atoms with Crippen molar-refractivity contribution in [1.82, 2.24) is 5.32 Å². The Morgan fingerprint density at radius 3 is 2.94 bits per heavy atom. The van der Waals surface area contributed by atoms with Crippen molar-refractivity contribution in [3.05, 3.63) is 35.6 Å². The molecule has 16 heavy (non-hydrogen) atoms. The lowest BCUT2D eigenvalue weighted by Gasteiger charge is -2.40. The quantitative estimate of drug-likeness (QED) is 0.821. The summed E-state index contributed by atoms with van der Waals surface area (Å²) in [5.41, 5.74) is 0.660. The minimum atomic E-state index is -0.594. The highest BCUT2D eigenvalue weighted by Gasteiger charge is 2.33. The Kier molecular flexibility index (Phi) is 3.56. The third kappa shape index (κ3) is 2.42. The largest absolute Gasteiger partial charge is 0.387 e. The zero-order chi connectivity index (χ0) is 11.5. The van der Waals surface area contributed by atoms with Crippen molar-refractivity contribution in [2.24, 2.45) is 0 Å². The summed E-state index contributed by atoms with van der Waals surface area (Å²) in [5, 5.41) is 13.3. The minimum Gasteiger partial charge on any atom is -0.387 e. The number of rotatable bonds is 4. The van der Waals surface area contributed by atoms with Gasteiger partial charge in [0.25, 0.3) is 0 Å². The molecule has 88 valence electrons. The smallest absolute Gasteiger partial charge is 0.123 e. The molecule has 1 aliphatic rings. The van der Waals surface area contributed by atoms with Crippen molar-refractivity contribution in [3.8, 4) is 0 Å². The molecule has 0 unspecified atom stereocenters.